The highest BCUT2D eigenvalue weighted by Gasteiger charge is 2.15. The number of aliphatic carboxylic acids is 1. The Labute approximate surface area is 137 Å². The highest BCUT2D eigenvalue weighted by Crippen LogP contribution is 2.26. The number of aryl methyl sites for hydroxylation is 2. The first-order chi connectivity index (χ1) is 11.1. The number of rotatable bonds is 9. The molecule has 0 radical (unpaired) electrons. The molecule has 23 heavy (non-hydrogen) atoms. The second-order valence-corrected chi connectivity index (χ2v) is 6.13. The third kappa shape index (κ3) is 5.36. The fourth-order valence-corrected chi connectivity index (χ4v) is 3.03. The van der Waals surface area contributed by atoms with Crippen molar-refractivity contribution in [1.29, 1.82) is 0 Å². The van der Waals surface area contributed by atoms with Gasteiger partial charge in [-0.15, -0.1) is 0 Å². The number of hydrogen-bond donors (Lipinski definition) is 2. The Kier molecular flexibility index (Phi) is 6.59. The first-order valence-electron chi connectivity index (χ1n) is 8.45. The lowest BCUT2D eigenvalue weighted by molar-refractivity contribution is -0.137. The normalized spacial score (nSPS) is 12.9. The van der Waals surface area contributed by atoms with Crippen LogP contribution in [0.15, 0.2) is 18.2 Å². The summed E-state index contributed by atoms with van der Waals surface area (Å²) in [6.45, 7) is 2.27. The highest BCUT2D eigenvalue weighted by atomic mass is 16.4. The van der Waals surface area contributed by atoms with Crippen LogP contribution in [0.25, 0.3) is 0 Å². The van der Waals surface area contributed by atoms with Crippen LogP contribution < -0.4 is 10.4 Å². The monoisotopic (exact) mass is 318 g/mol. The van der Waals surface area contributed by atoms with Gasteiger partial charge in [0.2, 0.25) is 5.91 Å². The molecule has 0 spiro atoms. The number of benzene rings is 1. The van der Waals surface area contributed by atoms with E-state index < -0.39 is 5.97 Å². The van der Waals surface area contributed by atoms with Gasteiger partial charge in [-0.1, -0.05) is 18.9 Å². The number of nitrogens with one attached hydrogen (secondary N) is 1. The van der Waals surface area contributed by atoms with E-state index in [0.29, 0.717) is 6.54 Å². The van der Waals surface area contributed by atoms with Crippen molar-refractivity contribution >= 4 is 17.6 Å². The molecule has 0 aliphatic heterocycles. The lowest BCUT2D eigenvalue weighted by atomic mass is 10.1. The molecule has 0 saturated heterocycles. The van der Waals surface area contributed by atoms with E-state index in [9.17, 15) is 9.59 Å². The molecule has 126 valence electrons. The number of unbranched alkanes of at least 4 members (excludes halogenated alkanes) is 3. The topological polar surface area (TPSA) is 69.6 Å². The number of nitrogens with zero attached hydrogens (tertiary/aromatic N) is 1. The third-order valence-corrected chi connectivity index (χ3v) is 4.24. The summed E-state index contributed by atoms with van der Waals surface area (Å²) in [5.74, 6) is -0.753. The molecule has 0 aromatic heterocycles. The zero-order valence-electron chi connectivity index (χ0n) is 13.8. The molecule has 5 heteroatoms. The van der Waals surface area contributed by atoms with E-state index in [1.54, 1.807) is 11.9 Å². The molecule has 0 atom stereocenters. The van der Waals surface area contributed by atoms with E-state index >= 15 is 0 Å². The summed E-state index contributed by atoms with van der Waals surface area (Å²) in [4.78, 5) is 22.3. The van der Waals surface area contributed by atoms with Gasteiger partial charge in [0.15, 0.2) is 0 Å². The van der Waals surface area contributed by atoms with Crippen molar-refractivity contribution in [2.45, 2.75) is 58.3 Å². The Hall–Kier alpha value is -1.88. The number of carboxylic acid groups (broad SMARTS) is 1. The van der Waals surface area contributed by atoms with Crippen LogP contribution in [0, 0.1) is 0 Å². The van der Waals surface area contributed by atoms with Gasteiger partial charge < -0.3 is 5.11 Å². The van der Waals surface area contributed by atoms with Gasteiger partial charge in [0.05, 0.1) is 5.69 Å². The molecule has 1 aromatic carbocycles. The van der Waals surface area contributed by atoms with Crippen LogP contribution in [0.4, 0.5) is 5.69 Å². The molecule has 1 aliphatic carbocycles. The van der Waals surface area contributed by atoms with Crippen LogP contribution in [-0.2, 0) is 22.4 Å². The maximum Gasteiger partial charge on any atom is 0.303 e. The SMILES string of the molecule is CC(=O)N(NCCCCCCC(=O)O)c1ccc2c(c1)CCC2. The summed E-state index contributed by atoms with van der Waals surface area (Å²) in [6.07, 6.45) is 7.19. The van der Waals surface area contributed by atoms with E-state index in [-0.39, 0.29) is 12.3 Å². The van der Waals surface area contributed by atoms with Crippen molar-refractivity contribution in [2.24, 2.45) is 0 Å². The van der Waals surface area contributed by atoms with Crippen LogP contribution >= 0.6 is 0 Å². The van der Waals surface area contributed by atoms with E-state index in [1.165, 1.54) is 17.5 Å². The van der Waals surface area contributed by atoms with Crippen LogP contribution in [0.2, 0.25) is 0 Å². The van der Waals surface area contributed by atoms with Gasteiger partial charge in [-0.25, -0.2) is 10.4 Å². The molecule has 0 bridgehead atoms. The van der Waals surface area contributed by atoms with Gasteiger partial charge in [0.25, 0.3) is 0 Å². The predicted molar refractivity (Wildman–Crippen MR) is 90.4 cm³/mol. The standard InChI is InChI=1S/C18H26N2O3/c1-14(21)20(19-12-5-3-2-4-9-18(22)23)17-11-10-15-7-6-8-16(15)13-17/h10-11,13,19H,2-9,12H2,1H3,(H,22,23). The molecule has 0 unspecified atom stereocenters. The molecule has 1 aliphatic rings. The number of carboxylic acids is 1. The summed E-state index contributed by atoms with van der Waals surface area (Å²) in [7, 11) is 0. The zero-order chi connectivity index (χ0) is 16.7. The minimum Gasteiger partial charge on any atom is -0.481 e. The van der Waals surface area contributed by atoms with Crippen LogP contribution in [-0.4, -0.2) is 23.5 Å². The van der Waals surface area contributed by atoms with Crippen molar-refractivity contribution < 1.29 is 14.7 Å². The Bertz CT molecular complexity index is 557. The molecule has 0 fully saturated rings. The van der Waals surface area contributed by atoms with Gasteiger partial charge in [-0.3, -0.25) is 9.59 Å². The number of carbonyl (C=O) groups is 2. The van der Waals surface area contributed by atoms with Gasteiger partial charge in [-0.2, -0.15) is 0 Å². The van der Waals surface area contributed by atoms with Crippen molar-refractivity contribution in [1.82, 2.24) is 5.43 Å². The Balaban J connectivity index is 1.78. The molecule has 0 saturated carbocycles. The molecule has 1 aromatic rings. The van der Waals surface area contributed by atoms with E-state index in [0.717, 1.165) is 44.2 Å². The lowest BCUT2D eigenvalue weighted by Gasteiger charge is -2.23. The average molecular weight is 318 g/mol. The number of hydrazine groups is 1. The predicted octanol–water partition coefficient (Wildman–Crippen LogP) is 3.07. The summed E-state index contributed by atoms with van der Waals surface area (Å²) < 4.78 is 0. The molecule has 1 amide bonds. The van der Waals surface area contributed by atoms with Crippen molar-refractivity contribution in [2.75, 3.05) is 11.6 Å². The van der Waals surface area contributed by atoms with Crippen LogP contribution in [0.1, 0.15) is 56.6 Å². The first-order valence-corrected chi connectivity index (χ1v) is 8.45. The molecule has 5 nitrogen and oxygen atoms in total. The van der Waals surface area contributed by atoms with Gasteiger partial charge >= 0.3 is 5.97 Å². The lowest BCUT2D eigenvalue weighted by Crippen LogP contribution is -2.42. The van der Waals surface area contributed by atoms with Crippen molar-refractivity contribution in [3.63, 3.8) is 0 Å². The molecule has 2 rings (SSSR count). The molecular formula is C18H26N2O3. The quantitative estimate of drug-likeness (QED) is 0.542. The maximum atomic E-state index is 11.9. The van der Waals surface area contributed by atoms with Crippen LogP contribution in [0.3, 0.4) is 0 Å². The van der Waals surface area contributed by atoms with Crippen LogP contribution in [0.5, 0.6) is 0 Å². The van der Waals surface area contributed by atoms with Gasteiger partial charge in [-0.05, 0) is 55.4 Å². The fourth-order valence-electron chi connectivity index (χ4n) is 3.03. The smallest absolute Gasteiger partial charge is 0.303 e. The Morgan fingerprint density at radius 2 is 1.87 bits per heavy atom. The molecule has 0 heterocycles. The van der Waals surface area contributed by atoms with Crippen molar-refractivity contribution in [3.05, 3.63) is 29.3 Å². The number of fused-ring (bicyclic) bond motifs is 1. The second kappa shape index (κ2) is 8.67. The minimum absolute atomic E-state index is 0.0196. The third-order valence-electron chi connectivity index (χ3n) is 4.24. The number of hydrogen-bond acceptors (Lipinski definition) is 3. The molecule has 2 N–H and O–H groups in total. The Morgan fingerprint density at radius 1 is 1.13 bits per heavy atom. The first kappa shape index (κ1) is 17.5. The second-order valence-electron chi connectivity index (χ2n) is 6.13. The molecular weight excluding hydrogens is 292 g/mol. The minimum atomic E-state index is -0.734. The number of anilines is 1. The maximum absolute atomic E-state index is 11.9. The van der Waals surface area contributed by atoms with Gasteiger partial charge in [0.1, 0.15) is 0 Å². The highest BCUT2D eigenvalue weighted by molar-refractivity contribution is 5.90. The summed E-state index contributed by atoms with van der Waals surface area (Å²) in [6, 6.07) is 6.25. The largest absolute Gasteiger partial charge is 0.481 e. The van der Waals surface area contributed by atoms with E-state index in [2.05, 4.69) is 17.6 Å². The average Bonchev–Trinajstić information content (AvgIpc) is 2.96. The van der Waals surface area contributed by atoms with Crippen molar-refractivity contribution in [3.8, 4) is 0 Å². The zero-order valence-corrected chi connectivity index (χ0v) is 13.8. The van der Waals surface area contributed by atoms with Gasteiger partial charge in [0, 0.05) is 19.9 Å². The summed E-state index contributed by atoms with van der Waals surface area (Å²) in [5.41, 5.74) is 6.85. The number of carbonyl (C=O) groups excluding carboxylic acids is 1. The fraction of sp³-hybridized carbons (Fsp3) is 0.556. The summed E-state index contributed by atoms with van der Waals surface area (Å²) >= 11 is 0. The van der Waals surface area contributed by atoms with E-state index in [1.807, 2.05) is 6.07 Å². The Morgan fingerprint density at radius 3 is 2.61 bits per heavy atom. The van der Waals surface area contributed by atoms with E-state index in [4.69, 9.17) is 5.11 Å². The number of amides is 1. The summed E-state index contributed by atoms with van der Waals surface area (Å²) in [5, 5.41) is 10.2.